The Morgan fingerprint density at radius 2 is 1.81 bits per heavy atom. The summed E-state index contributed by atoms with van der Waals surface area (Å²) in [6.45, 7) is 0. The third-order valence-corrected chi connectivity index (χ3v) is 3.22. The highest BCUT2D eigenvalue weighted by Gasteiger charge is 2.36. The van der Waals surface area contributed by atoms with Crippen molar-refractivity contribution in [2.75, 3.05) is 5.33 Å². The lowest BCUT2D eigenvalue weighted by Gasteiger charge is -2.15. The van der Waals surface area contributed by atoms with E-state index in [2.05, 4.69) is 20.7 Å². The molecule has 1 aromatic rings. The average Bonchev–Trinajstić information content (AvgIpc) is 2.28. The number of rotatable bonds is 5. The normalized spacial score (nSPS) is 12.3. The van der Waals surface area contributed by atoms with Gasteiger partial charge in [-0.3, -0.25) is 4.79 Å². The fourth-order valence-electron chi connectivity index (χ4n) is 1.33. The summed E-state index contributed by atoms with van der Waals surface area (Å²) in [5.41, 5.74) is -4.93. The first-order valence-electron chi connectivity index (χ1n) is 5.26. The minimum atomic E-state index is -5.15. The standard InChI is InChI=1S/C11H7BrF6O2S/c12-4-3-7(19)6-1-2-9(21-11(16,17)18)8(5-6)20-10(13,14)15/h1-2,5H,3-4H2. The number of benzene rings is 1. The Labute approximate surface area is 128 Å². The van der Waals surface area contributed by atoms with Gasteiger partial charge in [-0.1, -0.05) is 22.0 Å². The molecule has 0 amide bonds. The zero-order valence-electron chi connectivity index (χ0n) is 10.0. The van der Waals surface area contributed by atoms with Crippen molar-refractivity contribution in [3.8, 4) is 5.75 Å². The van der Waals surface area contributed by atoms with Crippen molar-refractivity contribution in [1.82, 2.24) is 0 Å². The molecular weight excluding hydrogens is 390 g/mol. The zero-order chi connectivity index (χ0) is 16.3. The number of halogens is 7. The van der Waals surface area contributed by atoms with E-state index in [1.807, 2.05) is 0 Å². The van der Waals surface area contributed by atoms with Gasteiger partial charge in [-0.2, -0.15) is 13.2 Å². The van der Waals surface area contributed by atoms with Gasteiger partial charge in [-0.15, -0.1) is 13.2 Å². The molecule has 0 saturated heterocycles. The summed E-state index contributed by atoms with van der Waals surface area (Å²) in [5, 5.41) is 0.278. The van der Waals surface area contributed by atoms with Crippen LogP contribution in [0.4, 0.5) is 26.3 Å². The molecule has 0 saturated carbocycles. The van der Waals surface area contributed by atoms with Crippen LogP contribution in [0.1, 0.15) is 16.8 Å². The molecule has 0 aliphatic carbocycles. The van der Waals surface area contributed by atoms with Gasteiger partial charge in [0.2, 0.25) is 0 Å². The van der Waals surface area contributed by atoms with Crippen LogP contribution < -0.4 is 4.74 Å². The molecule has 0 radical (unpaired) electrons. The molecule has 0 unspecified atom stereocenters. The molecular formula is C11H7BrF6O2S. The van der Waals surface area contributed by atoms with E-state index in [4.69, 9.17) is 0 Å². The van der Waals surface area contributed by atoms with Crippen molar-refractivity contribution < 1.29 is 35.9 Å². The van der Waals surface area contributed by atoms with Crippen LogP contribution in [0.2, 0.25) is 0 Å². The first kappa shape index (κ1) is 18.1. The van der Waals surface area contributed by atoms with E-state index in [9.17, 15) is 31.1 Å². The minimum absolute atomic E-state index is 0.00276. The van der Waals surface area contributed by atoms with Gasteiger partial charge < -0.3 is 4.74 Å². The van der Waals surface area contributed by atoms with E-state index in [-0.39, 0.29) is 17.3 Å². The molecule has 10 heteroatoms. The molecule has 0 heterocycles. The maximum atomic E-state index is 12.3. The number of hydrogen-bond donors (Lipinski definition) is 0. The Morgan fingerprint density at radius 1 is 1.19 bits per heavy atom. The Kier molecular flexibility index (Phi) is 5.97. The van der Waals surface area contributed by atoms with Crippen LogP contribution in [0.15, 0.2) is 23.1 Å². The molecule has 1 rings (SSSR count). The van der Waals surface area contributed by atoms with Crippen LogP contribution in [-0.4, -0.2) is 23.0 Å². The number of carbonyl (C=O) groups excluding carboxylic acids is 1. The van der Waals surface area contributed by atoms with Crippen LogP contribution in [0.25, 0.3) is 0 Å². The minimum Gasteiger partial charge on any atom is -0.405 e. The van der Waals surface area contributed by atoms with Crippen LogP contribution in [0, 0.1) is 0 Å². The molecule has 1 aromatic carbocycles. The van der Waals surface area contributed by atoms with Gasteiger partial charge in [-0.05, 0) is 23.9 Å². The van der Waals surface area contributed by atoms with Crippen molar-refractivity contribution in [2.24, 2.45) is 0 Å². The highest BCUT2D eigenvalue weighted by molar-refractivity contribution is 9.09. The quantitative estimate of drug-likeness (QED) is 0.297. The summed E-state index contributed by atoms with van der Waals surface area (Å²) in [4.78, 5) is 10.8. The molecule has 0 bridgehead atoms. The maximum absolute atomic E-state index is 12.3. The molecule has 0 aliphatic heterocycles. The van der Waals surface area contributed by atoms with Gasteiger partial charge in [0.25, 0.3) is 0 Å². The first-order chi connectivity index (χ1) is 9.52. The zero-order valence-corrected chi connectivity index (χ0v) is 12.4. The summed E-state index contributed by atoms with van der Waals surface area (Å²) in [6.07, 6.45) is -5.16. The van der Waals surface area contributed by atoms with Crippen LogP contribution in [0.5, 0.6) is 5.75 Å². The van der Waals surface area contributed by atoms with Crippen LogP contribution in [0.3, 0.4) is 0 Å². The number of thioether (sulfide) groups is 1. The van der Waals surface area contributed by atoms with Crippen molar-refractivity contribution in [2.45, 2.75) is 23.2 Å². The average molecular weight is 397 g/mol. The monoisotopic (exact) mass is 396 g/mol. The molecule has 0 N–H and O–H groups in total. The maximum Gasteiger partial charge on any atom is 0.573 e. The van der Waals surface area contributed by atoms with E-state index in [1.54, 1.807) is 0 Å². The van der Waals surface area contributed by atoms with E-state index in [0.717, 1.165) is 12.1 Å². The van der Waals surface area contributed by atoms with Crippen LogP contribution in [-0.2, 0) is 0 Å². The lowest BCUT2D eigenvalue weighted by atomic mass is 10.1. The summed E-state index contributed by atoms with van der Waals surface area (Å²) in [6, 6.07) is 2.47. The smallest absolute Gasteiger partial charge is 0.405 e. The van der Waals surface area contributed by atoms with Gasteiger partial charge in [0.15, 0.2) is 5.78 Å². The number of Topliss-reactive ketones (excluding diaryl/α,β-unsaturated/α-hetero) is 1. The number of alkyl halides is 7. The van der Waals surface area contributed by atoms with Gasteiger partial charge in [0, 0.05) is 17.3 Å². The predicted molar refractivity (Wildman–Crippen MR) is 67.8 cm³/mol. The molecule has 2 nitrogen and oxygen atoms in total. The van der Waals surface area contributed by atoms with Crippen molar-refractivity contribution in [3.05, 3.63) is 23.8 Å². The molecule has 0 atom stereocenters. The topological polar surface area (TPSA) is 26.3 Å². The second kappa shape index (κ2) is 6.91. The highest BCUT2D eigenvalue weighted by atomic mass is 79.9. The number of ether oxygens (including phenoxy) is 1. The first-order valence-corrected chi connectivity index (χ1v) is 7.20. The highest BCUT2D eigenvalue weighted by Crippen LogP contribution is 2.43. The lowest BCUT2D eigenvalue weighted by molar-refractivity contribution is -0.275. The largest absolute Gasteiger partial charge is 0.573 e. The summed E-state index contributed by atoms with van der Waals surface area (Å²) >= 11 is 2.24. The molecule has 21 heavy (non-hydrogen) atoms. The lowest BCUT2D eigenvalue weighted by Crippen LogP contribution is -2.18. The SMILES string of the molecule is O=C(CCBr)c1ccc(SC(F)(F)F)c(OC(F)(F)F)c1. The Morgan fingerprint density at radius 3 is 2.29 bits per heavy atom. The van der Waals surface area contributed by atoms with Crippen molar-refractivity contribution in [3.63, 3.8) is 0 Å². The number of hydrogen-bond acceptors (Lipinski definition) is 3. The summed E-state index contributed by atoms with van der Waals surface area (Å²) in [5.74, 6) is -1.56. The third-order valence-electron chi connectivity index (χ3n) is 2.04. The van der Waals surface area contributed by atoms with E-state index >= 15 is 0 Å². The van der Waals surface area contributed by atoms with Crippen LogP contribution >= 0.6 is 27.7 Å². The molecule has 0 fully saturated rings. The summed E-state index contributed by atoms with van der Waals surface area (Å²) < 4.78 is 77.1. The number of carbonyl (C=O) groups is 1. The van der Waals surface area contributed by atoms with Gasteiger partial charge >= 0.3 is 11.9 Å². The molecule has 0 aromatic heterocycles. The second-order valence-corrected chi connectivity index (χ2v) is 5.52. The Bertz CT molecular complexity index is 514. The molecule has 118 valence electrons. The molecule has 0 spiro atoms. The van der Waals surface area contributed by atoms with E-state index in [0.29, 0.717) is 6.07 Å². The Balaban J connectivity index is 3.16. The fraction of sp³-hybridized carbons (Fsp3) is 0.364. The number of ketones is 1. The van der Waals surface area contributed by atoms with Crippen molar-refractivity contribution >= 4 is 33.5 Å². The van der Waals surface area contributed by atoms with Gasteiger partial charge in [0.1, 0.15) is 5.75 Å². The summed E-state index contributed by atoms with van der Waals surface area (Å²) in [7, 11) is 0. The fourth-order valence-corrected chi connectivity index (χ4v) is 2.27. The van der Waals surface area contributed by atoms with Gasteiger partial charge in [-0.25, -0.2) is 0 Å². The Hall–Kier alpha value is -0.900. The second-order valence-electron chi connectivity index (χ2n) is 3.62. The van der Waals surface area contributed by atoms with Gasteiger partial charge in [0.05, 0.1) is 4.90 Å². The van der Waals surface area contributed by atoms with Crippen molar-refractivity contribution in [1.29, 1.82) is 0 Å². The predicted octanol–water partition coefficient (Wildman–Crippen LogP) is 5.16. The van der Waals surface area contributed by atoms with E-state index in [1.165, 1.54) is 0 Å². The molecule has 0 aliphatic rings. The van der Waals surface area contributed by atoms with E-state index < -0.39 is 40.1 Å². The third kappa shape index (κ3) is 6.60.